The third kappa shape index (κ3) is 3.58. The van der Waals surface area contributed by atoms with Crippen molar-refractivity contribution in [2.45, 2.75) is 32.7 Å². The van der Waals surface area contributed by atoms with E-state index < -0.39 is 0 Å². The van der Waals surface area contributed by atoms with Gasteiger partial charge in [0.05, 0.1) is 13.2 Å². The number of aromatic nitrogens is 2. The summed E-state index contributed by atoms with van der Waals surface area (Å²) in [5, 5.41) is 3.57. The van der Waals surface area contributed by atoms with Crippen molar-refractivity contribution < 1.29 is 4.74 Å². The fourth-order valence-corrected chi connectivity index (χ4v) is 2.47. The molecule has 0 bridgehead atoms. The number of rotatable bonds is 7. The summed E-state index contributed by atoms with van der Waals surface area (Å²) < 4.78 is 5.39. The van der Waals surface area contributed by atoms with E-state index in [2.05, 4.69) is 53.4 Å². The molecule has 112 valence electrons. The Morgan fingerprint density at radius 2 is 1.90 bits per heavy atom. The summed E-state index contributed by atoms with van der Waals surface area (Å²) in [6, 6.07) is 8.47. The minimum Gasteiger partial charge on any atom is -0.480 e. The van der Waals surface area contributed by atoms with Crippen molar-refractivity contribution in [3.05, 3.63) is 53.5 Å². The molecule has 1 aromatic carbocycles. The van der Waals surface area contributed by atoms with Gasteiger partial charge in [0, 0.05) is 12.4 Å². The van der Waals surface area contributed by atoms with Crippen LogP contribution in [0.5, 0.6) is 5.88 Å². The highest BCUT2D eigenvalue weighted by Gasteiger charge is 2.21. The van der Waals surface area contributed by atoms with Gasteiger partial charge in [0.2, 0.25) is 5.88 Å². The number of nitrogens with zero attached hydrogens (tertiary/aromatic N) is 2. The summed E-state index contributed by atoms with van der Waals surface area (Å²) in [6.07, 6.45) is 5.43. The topological polar surface area (TPSA) is 47.0 Å². The van der Waals surface area contributed by atoms with Gasteiger partial charge in [-0.15, -0.1) is 0 Å². The predicted molar refractivity (Wildman–Crippen MR) is 84.5 cm³/mol. The van der Waals surface area contributed by atoms with Crippen LogP contribution in [0.3, 0.4) is 0 Å². The first-order valence-corrected chi connectivity index (χ1v) is 7.47. The van der Waals surface area contributed by atoms with E-state index in [4.69, 9.17) is 4.74 Å². The average Bonchev–Trinajstić information content (AvgIpc) is 2.56. The van der Waals surface area contributed by atoms with E-state index >= 15 is 0 Å². The molecule has 1 aromatic heterocycles. The van der Waals surface area contributed by atoms with Crippen molar-refractivity contribution in [3.63, 3.8) is 0 Å². The maximum atomic E-state index is 5.39. The fraction of sp³-hybridized carbons (Fsp3) is 0.412. The maximum absolute atomic E-state index is 5.39. The lowest BCUT2D eigenvalue weighted by Gasteiger charge is -2.22. The molecule has 1 atom stereocenters. The molecule has 0 saturated heterocycles. The monoisotopic (exact) mass is 285 g/mol. The lowest BCUT2D eigenvalue weighted by Crippen LogP contribution is -2.25. The van der Waals surface area contributed by atoms with Crippen LogP contribution in [0.1, 0.15) is 43.1 Å². The molecule has 0 radical (unpaired) electrons. The molecule has 0 aliphatic carbocycles. The van der Waals surface area contributed by atoms with Crippen LogP contribution in [-0.4, -0.2) is 23.6 Å². The number of hydrogen-bond acceptors (Lipinski definition) is 4. The number of hydrogen-bond donors (Lipinski definition) is 1. The minimum absolute atomic E-state index is 0.00440. The van der Waals surface area contributed by atoms with E-state index in [1.165, 1.54) is 11.1 Å². The van der Waals surface area contributed by atoms with Gasteiger partial charge >= 0.3 is 0 Å². The minimum atomic E-state index is 0.00440. The van der Waals surface area contributed by atoms with E-state index in [-0.39, 0.29) is 6.04 Å². The molecule has 0 saturated carbocycles. The first-order valence-electron chi connectivity index (χ1n) is 7.47. The van der Waals surface area contributed by atoms with E-state index in [1.807, 2.05) is 0 Å². The summed E-state index contributed by atoms with van der Waals surface area (Å²) in [4.78, 5) is 8.79. The fourth-order valence-electron chi connectivity index (χ4n) is 2.47. The van der Waals surface area contributed by atoms with E-state index in [0.29, 0.717) is 5.88 Å². The quantitative estimate of drug-likeness (QED) is 0.849. The molecule has 0 spiro atoms. The van der Waals surface area contributed by atoms with Crippen LogP contribution in [0, 0.1) is 0 Å². The lowest BCUT2D eigenvalue weighted by molar-refractivity contribution is 0.382. The Morgan fingerprint density at radius 1 is 1.14 bits per heavy atom. The molecule has 4 nitrogen and oxygen atoms in total. The summed E-state index contributed by atoms with van der Waals surface area (Å²) in [7, 11) is 1.64. The standard InChI is InChI=1S/C17H23N3O/c1-4-10-18-15(14-9-7-6-8-13(14)5-2)16-17(21-3)20-12-11-19-16/h6-9,11-12,15,18H,4-5,10H2,1-3H3. The molecule has 1 unspecified atom stereocenters. The van der Waals surface area contributed by atoms with Gasteiger partial charge in [0.15, 0.2) is 0 Å². The summed E-state index contributed by atoms with van der Waals surface area (Å²) in [6.45, 7) is 5.25. The second kappa shape index (κ2) is 7.74. The Balaban J connectivity index is 2.47. The number of benzene rings is 1. The van der Waals surface area contributed by atoms with E-state index in [9.17, 15) is 0 Å². The Labute approximate surface area is 126 Å². The van der Waals surface area contributed by atoms with Crippen LogP contribution in [0.25, 0.3) is 0 Å². The number of aryl methyl sites for hydroxylation is 1. The van der Waals surface area contributed by atoms with E-state index in [0.717, 1.165) is 25.1 Å². The van der Waals surface area contributed by atoms with Crippen LogP contribution in [0.4, 0.5) is 0 Å². The van der Waals surface area contributed by atoms with Crippen LogP contribution in [-0.2, 0) is 6.42 Å². The SMILES string of the molecule is CCCNC(c1ccccc1CC)c1nccnc1OC. The molecule has 0 fully saturated rings. The molecule has 4 heteroatoms. The number of ether oxygens (including phenoxy) is 1. The zero-order valence-corrected chi connectivity index (χ0v) is 13.0. The molecule has 0 amide bonds. The Hall–Kier alpha value is -1.94. The van der Waals surface area contributed by atoms with Crippen molar-refractivity contribution in [1.82, 2.24) is 15.3 Å². The van der Waals surface area contributed by atoms with Crippen molar-refractivity contribution in [2.75, 3.05) is 13.7 Å². The zero-order valence-electron chi connectivity index (χ0n) is 13.0. The summed E-state index contributed by atoms with van der Waals surface area (Å²) in [5.74, 6) is 0.581. The van der Waals surface area contributed by atoms with Crippen LogP contribution < -0.4 is 10.1 Å². The van der Waals surface area contributed by atoms with Crippen molar-refractivity contribution in [3.8, 4) is 5.88 Å². The van der Waals surface area contributed by atoms with Gasteiger partial charge in [-0.1, -0.05) is 38.1 Å². The first-order chi connectivity index (χ1) is 10.3. The van der Waals surface area contributed by atoms with Crippen molar-refractivity contribution in [2.24, 2.45) is 0 Å². The predicted octanol–water partition coefficient (Wildman–Crippen LogP) is 3.14. The van der Waals surface area contributed by atoms with Crippen LogP contribution in [0.15, 0.2) is 36.7 Å². The van der Waals surface area contributed by atoms with Crippen LogP contribution in [0.2, 0.25) is 0 Å². The highest BCUT2D eigenvalue weighted by Crippen LogP contribution is 2.28. The first kappa shape index (κ1) is 15.4. The Kier molecular flexibility index (Phi) is 5.69. The summed E-state index contributed by atoms with van der Waals surface area (Å²) >= 11 is 0. The van der Waals surface area contributed by atoms with Crippen molar-refractivity contribution in [1.29, 1.82) is 0 Å². The highest BCUT2D eigenvalue weighted by atomic mass is 16.5. The molecule has 0 aliphatic rings. The maximum Gasteiger partial charge on any atom is 0.237 e. The second-order valence-electron chi connectivity index (χ2n) is 4.89. The number of nitrogens with one attached hydrogen (secondary N) is 1. The van der Waals surface area contributed by atoms with Gasteiger partial charge in [-0.25, -0.2) is 4.98 Å². The van der Waals surface area contributed by atoms with Gasteiger partial charge in [-0.3, -0.25) is 4.98 Å². The smallest absolute Gasteiger partial charge is 0.237 e. The molecular formula is C17H23N3O. The number of methoxy groups -OCH3 is 1. The van der Waals surface area contributed by atoms with Gasteiger partial charge < -0.3 is 10.1 Å². The second-order valence-corrected chi connectivity index (χ2v) is 4.89. The molecule has 1 heterocycles. The zero-order chi connectivity index (χ0) is 15.1. The van der Waals surface area contributed by atoms with Gasteiger partial charge in [-0.2, -0.15) is 0 Å². The average molecular weight is 285 g/mol. The van der Waals surface area contributed by atoms with Crippen molar-refractivity contribution >= 4 is 0 Å². The van der Waals surface area contributed by atoms with Crippen LogP contribution >= 0.6 is 0 Å². The summed E-state index contributed by atoms with van der Waals surface area (Å²) in [5.41, 5.74) is 3.40. The Bertz CT molecular complexity index is 524. The van der Waals surface area contributed by atoms with E-state index in [1.54, 1.807) is 19.5 Å². The molecule has 21 heavy (non-hydrogen) atoms. The van der Waals surface area contributed by atoms with Gasteiger partial charge in [0.1, 0.15) is 5.69 Å². The third-order valence-electron chi connectivity index (χ3n) is 3.50. The van der Waals surface area contributed by atoms with Gasteiger partial charge in [0.25, 0.3) is 0 Å². The highest BCUT2D eigenvalue weighted by molar-refractivity contribution is 5.38. The molecule has 2 aromatic rings. The molecular weight excluding hydrogens is 262 g/mol. The third-order valence-corrected chi connectivity index (χ3v) is 3.50. The Morgan fingerprint density at radius 3 is 2.62 bits per heavy atom. The largest absolute Gasteiger partial charge is 0.480 e. The molecule has 1 N–H and O–H groups in total. The lowest BCUT2D eigenvalue weighted by atomic mass is 9.96. The molecule has 2 rings (SSSR count). The molecule has 0 aliphatic heterocycles. The van der Waals surface area contributed by atoms with Gasteiger partial charge in [-0.05, 0) is 30.5 Å². The normalized spacial score (nSPS) is 12.1.